The molecule has 0 spiro atoms. The van der Waals surface area contributed by atoms with Crippen molar-refractivity contribution in [3.05, 3.63) is 59.4 Å². The van der Waals surface area contributed by atoms with Gasteiger partial charge in [0, 0.05) is 23.0 Å². The second-order valence-corrected chi connectivity index (χ2v) is 7.19. The van der Waals surface area contributed by atoms with Gasteiger partial charge in [0.1, 0.15) is 5.75 Å². The van der Waals surface area contributed by atoms with Crippen molar-refractivity contribution in [2.24, 2.45) is 0 Å². The maximum atomic E-state index is 12.7. The molecule has 1 aromatic carbocycles. The molecule has 1 aliphatic rings. The zero-order chi connectivity index (χ0) is 16.8. The van der Waals surface area contributed by atoms with E-state index < -0.39 is 0 Å². The number of nitrogens with zero attached hydrogens (tertiary/aromatic N) is 2. The van der Waals surface area contributed by atoms with Crippen LogP contribution < -0.4 is 4.74 Å². The molecule has 0 radical (unpaired) electrons. The minimum atomic E-state index is -0.0110. The number of rotatable bonds is 6. The summed E-state index contributed by atoms with van der Waals surface area (Å²) in [6.45, 7) is 0.546. The summed E-state index contributed by atoms with van der Waals surface area (Å²) in [7, 11) is 0. The molecule has 0 N–H and O–H groups in total. The molecular formula is C18H19ClN2O2S. The van der Waals surface area contributed by atoms with Gasteiger partial charge in [-0.1, -0.05) is 17.7 Å². The number of hydrogen-bond acceptors (Lipinski definition) is 4. The van der Waals surface area contributed by atoms with Gasteiger partial charge in [-0.05, 0) is 48.6 Å². The number of benzene rings is 1. The Morgan fingerprint density at radius 1 is 1.29 bits per heavy atom. The number of ether oxygens (including phenoxy) is 1. The van der Waals surface area contributed by atoms with E-state index >= 15 is 0 Å². The van der Waals surface area contributed by atoms with E-state index in [0.29, 0.717) is 17.3 Å². The van der Waals surface area contributed by atoms with Crippen LogP contribution >= 0.6 is 23.4 Å². The summed E-state index contributed by atoms with van der Waals surface area (Å²) in [4.78, 5) is 19.0. The van der Waals surface area contributed by atoms with Crippen LogP contribution in [0.5, 0.6) is 5.75 Å². The van der Waals surface area contributed by atoms with Gasteiger partial charge in [0.25, 0.3) is 5.91 Å². The van der Waals surface area contributed by atoms with Crippen LogP contribution in [0.2, 0.25) is 5.02 Å². The molecule has 0 unspecified atom stereocenters. The number of aromatic nitrogens is 1. The van der Waals surface area contributed by atoms with Crippen molar-refractivity contribution >= 4 is 29.3 Å². The molecule has 3 rings (SSSR count). The van der Waals surface area contributed by atoms with Crippen LogP contribution in [0.4, 0.5) is 0 Å². The van der Waals surface area contributed by atoms with Crippen LogP contribution in [0.1, 0.15) is 12.1 Å². The highest BCUT2D eigenvalue weighted by Crippen LogP contribution is 2.24. The Morgan fingerprint density at radius 3 is 2.79 bits per heavy atom. The van der Waals surface area contributed by atoms with Gasteiger partial charge in [-0.15, -0.1) is 0 Å². The topological polar surface area (TPSA) is 42.4 Å². The third kappa shape index (κ3) is 4.65. The summed E-state index contributed by atoms with van der Waals surface area (Å²) in [5, 5.41) is 0.647. The first-order valence-electron chi connectivity index (χ1n) is 7.88. The molecule has 0 aliphatic carbocycles. The normalized spacial score (nSPS) is 16.8. The molecule has 0 saturated carbocycles. The average Bonchev–Trinajstić information content (AvgIpc) is 3.14. The quantitative estimate of drug-likeness (QED) is 0.786. The third-order valence-corrected chi connectivity index (χ3v) is 5.30. The van der Waals surface area contributed by atoms with Gasteiger partial charge in [0.05, 0.1) is 12.2 Å². The summed E-state index contributed by atoms with van der Waals surface area (Å²) in [6, 6.07) is 13.1. The Morgan fingerprint density at radius 2 is 2.12 bits per heavy atom. The fourth-order valence-electron chi connectivity index (χ4n) is 2.61. The smallest absolute Gasteiger partial charge is 0.261 e. The van der Waals surface area contributed by atoms with Gasteiger partial charge in [0.2, 0.25) is 0 Å². The Balaban J connectivity index is 1.65. The molecule has 4 nitrogen and oxygen atoms in total. The molecule has 6 heteroatoms. The number of hydrogen-bond donors (Lipinski definition) is 0. The van der Waals surface area contributed by atoms with Gasteiger partial charge >= 0.3 is 0 Å². The highest BCUT2D eigenvalue weighted by atomic mass is 35.5. The third-order valence-electron chi connectivity index (χ3n) is 3.90. The Hall–Kier alpha value is -1.72. The van der Waals surface area contributed by atoms with E-state index in [1.807, 2.05) is 34.9 Å². The highest BCUT2D eigenvalue weighted by Gasteiger charge is 2.27. The van der Waals surface area contributed by atoms with Crippen LogP contribution in [0.25, 0.3) is 0 Å². The number of pyridine rings is 1. The fraction of sp³-hybridized carbons (Fsp3) is 0.333. The van der Waals surface area contributed by atoms with E-state index in [4.69, 9.17) is 16.3 Å². The largest absolute Gasteiger partial charge is 0.484 e. The second-order valence-electron chi connectivity index (χ2n) is 5.60. The van der Waals surface area contributed by atoms with Crippen molar-refractivity contribution < 1.29 is 9.53 Å². The zero-order valence-corrected chi connectivity index (χ0v) is 14.8. The van der Waals surface area contributed by atoms with Crippen molar-refractivity contribution in [2.75, 3.05) is 18.1 Å². The lowest BCUT2D eigenvalue weighted by Gasteiger charge is -2.28. The summed E-state index contributed by atoms with van der Waals surface area (Å²) >= 11 is 7.75. The van der Waals surface area contributed by atoms with Crippen molar-refractivity contribution in [2.45, 2.75) is 19.0 Å². The molecule has 0 bridgehead atoms. The molecule has 126 valence electrons. The molecule has 1 atom stereocenters. The molecule has 2 heterocycles. The predicted molar refractivity (Wildman–Crippen MR) is 97.5 cm³/mol. The van der Waals surface area contributed by atoms with E-state index in [1.165, 1.54) is 0 Å². The maximum absolute atomic E-state index is 12.7. The van der Waals surface area contributed by atoms with E-state index in [9.17, 15) is 4.79 Å². The molecule has 24 heavy (non-hydrogen) atoms. The lowest BCUT2D eigenvalue weighted by Crippen LogP contribution is -2.42. The van der Waals surface area contributed by atoms with Crippen molar-refractivity contribution in [3.8, 4) is 5.75 Å². The molecule has 1 aliphatic heterocycles. The van der Waals surface area contributed by atoms with Crippen LogP contribution in [0.3, 0.4) is 0 Å². The number of carbonyl (C=O) groups is 1. The summed E-state index contributed by atoms with van der Waals surface area (Å²) in [5.74, 6) is 2.70. The minimum Gasteiger partial charge on any atom is -0.484 e. The molecule has 2 aromatic rings. The van der Waals surface area contributed by atoms with Crippen LogP contribution in [-0.4, -0.2) is 39.9 Å². The minimum absolute atomic E-state index is 0.0110. The second kappa shape index (κ2) is 8.40. The molecule has 1 aromatic heterocycles. The molecule has 1 amide bonds. The summed E-state index contributed by atoms with van der Waals surface area (Å²) in [5.41, 5.74) is 0.897. The number of amides is 1. The Labute approximate surface area is 151 Å². The first-order chi connectivity index (χ1) is 11.7. The summed E-state index contributed by atoms with van der Waals surface area (Å²) in [6.07, 6.45) is 2.77. The summed E-state index contributed by atoms with van der Waals surface area (Å²) < 4.78 is 5.62. The molecule has 1 saturated heterocycles. The van der Waals surface area contributed by atoms with Gasteiger partial charge in [-0.3, -0.25) is 9.78 Å². The standard InChI is InChI=1S/C18H19ClN2O2S/c19-14-4-6-17(7-5-14)23-12-18(22)21(16-8-10-24-13-16)11-15-3-1-2-9-20-15/h1-7,9,16H,8,10-13H2/t16-/m0/s1. The van der Waals surface area contributed by atoms with E-state index in [2.05, 4.69) is 4.98 Å². The number of thioether (sulfide) groups is 1. The van der Waals surface area contributed by atoms with E-state index in [-0.39, 0.29) is 18.6 Å². The van der Waals surface area contributed by atoms with Gasteiger partial charge in [-0.25, -0.2) is 0 Å². The van der Waals surface area contributed by atoms with Crippen LogP contribution in [0.15, 0.2) is 48.7 Å². The van der Waals surface area contributed by atoms with Crippen molar-refractivity contribution in [3.63, 3.8) is 0 Å². The molecule has 1 fully saturated rings. The first-order valence-corrected chi connectivity index (χ1v) is 9.41. The van der Waals surface area contributed by atoms with E-state index in [1.54, 1.807) is 30.5 Å². The first kappa shape index (κ1) is 17.1. The van der Waals surface area contributed by atoms with Crippen LogP contribution in [-0.2, 0) is 11.3 Å². The Bertz CT molecular complexity index is 660. The lowest BCUT2D eigenvalue weighted by atomic mass is 10.2. The highest BCUT2D eigenvalue weighted by molar-refractivity contribution is 7.99. The zero-order valence-electron chi connectivity index (χ0n) is 13.2. The van der Waals surface area contributed by atoms with E-state index in [0.717, 1.165) is 23.6 Å². The monoisotopic (exact) mass is 362 g/mol. The predicted octanol–water partition coefficient (Wildman–Crippen LogP) is 3.65. The molecular weight excluding hydrogens is 344 g/mol. The number of halogens is 1. The Kier molecular flexibility index (Phi) is 5.99. The SMILES string of the molecule is O=C(COc1ccc(Cl)cc1)N(Cc1ccccn1)[C@H]1CCSC1. The van der Waals surface area contributed by atoms with Crippen molar-refractivity contribution in [1.82, 2.24) is 9.88 Å². The van der Waals surface area contributed by atoms with Gasteiger partial charge in [-0.2, -0.15) is 11.8 Å². The van der Waals surface area contributed by atoms with Gasteiger partial charge in [0.15, 0.2) is 6.61 Å². The van der Waals surface area contributed by atoms with Gasteiger partial charge < -0.3 is 9.64 Å². The van der Waals surface area contributed by atoms with Crippen molar-refractivity contribution in [1.29, 1.82) is 0 Å². The average molecular weight is 363 g/mol. The number of carbonyl (C=O) groups excluding carboxylic acids is 1. The fourth-order valence-corrected chi connectivity index (χ4v) is 3.96. The van der Waals surface area contributed by atoms with Crippen LogP contribution in [0, 0.1) is 0 Å². The lowest BCUT2D eigenvalue weighted by molar-refractivity contribution is -0.136. The maximum Gasteiger partial charge on any atom is 0.261 e.